The zero-order valence-electron chi connectivity index (χ0n) is 12.8. The second-order valence-electron chi connectivity index (χ2n) is 6.53. The van der Waals surface area contributed by atoms with Gasteiger partial charge in [0.1, 0.15) is 5.82 Å². The van der Waals surface area contributed by atoms with Gasteiger partial charge in [0.25, 0.3) is 5.91 Å². The van der Waals surface area contributed by atoms with E-state index in [0.717, 1.165) is 31.0 Å². The number of rotatable bonds is 3. The maximum Gasteiger partial charge on any atom is 0.274 e. The van der Waals surface area contributed by atoms with Crippen LogP contribution in [0.25, 0.3) is 0 Å². The Hall–Kier alpha value is -1.46. The van der Waals surface area contributed by atoms with Gasteiger partial charge in [0, 0.05) is 30.8 Å². The van der Waals surface area contributed by atoms with Crippen LogP contribution >= 0.6 is 0 Å². The molecule has 22 heavy (non-hydrogen) atoms. The van der Waals surface area contributed by atoms with Gasteiger partial charge in [0.15, 0.2) is 0 Å². The molecule has 0 unspecified atom stereocenters. The molecule has 0 aromatic heterocycles. The SMILES string of the molecule is O=C(NO)c1cc(F)c2c(c1)CCN(CC1CCCCC1)C2. The summed E-state index contributed by atoms with van der Waals surface area (Å²) in [5.74, 6) is -0.256. The Morgan fingerprint density at radius 1 is 1.32 bits per heavy atom. The van der Waals surface area contributed by atoms with E-state index in [2.05, 4.69) is 4.90 Å². The molecule has 1 aliphatic heterocycles. The van der Waals surface area contributed by atoms with Crippen LogP contribution in [0.4, 0.5) is 4.39 Å². The molecule has 0 saturated heterocycles. The normalized spacial score (nSPS) is 19.7. The highest BCUT2D eigenvalue weighted by atomic mass is 19.1. The average Bonchev–Trinajstić information content (AvgIpc) is 2.55. The van der Waals surface area contributed by atoms with E-state index >= 15 is 0 Å². The summed E-state index contributed by atoms with van der Waals surface area (Å²) in [6.45, 7) is 2.59. The average molecular weight is 306 g/mol. The number of nitrogens with one attached hydrogen (secondary N) is 1. The molecular formula is C17H23FN2O2. The largest absolute Gasteiger partial charge is 0.298 e. The summed E-state index contributed by atoms with van der Waals surface area (Å²) in [7, 11) is 0. The molecule has 1 fully saturated rings. The van der Waals surface area contributed by atoms with Crippen molar-refractivity contribution in [1.82, 2.24) is 10.4 Å². The maximum absolute atomic E-state index is 14.3. The van der Waals surface area contributed by atoms with Crippen molar-refractivity contribution >= 4 is 5.91 Å². The number of amides is 1. The first-order chi connectivity index (χ1) is 10.7. The van der Waals surface area contributed by atoms with Crippen molar-refractivity contribution in [2.75, 3.05) is 13.1 Å². The molecule has 1 aromatic rings. The Bertz CT molecular complexity index is 556. The lowest BCUT2D eigenvalue weighted by Crippen LogP contribution is -2.36. The van der Waals surface area contributed by atoms with E-state index in [0.29, 0.717) is 12.1 Å². The summed E-state index contributed by atoms with van der Waals surface area (Å²) in [4.78, 5) is 13.8. The summed E-state index contributed by atoms with van der Waals surface area (Å²) in [6.07, 6.45) is 7.34. The van der Waals surface area contributed by atoms with Crippen LogP contribution in [0.3, 0.4) is 0 Å². The lowest BCUT2D eigenvalue weighted by Gasteiger charge is -2.33. The molecule has 1 amide bonds. The monoisotopic (exact) mass is 306 g/mol. The van der Waals surface area contributed by atoms with E-state index in [1.54, 1.807) is 11.5 Å². The lowest BCUT2D eigenvalue weighted by molar-refractivity contribution is 0.0705. The topological polar surface area (TPSA) is 52.6 Å². The van der Waals surface area contributed by atoms with Crippen molar-refractivity contribution < 1.29 is 14.4 Å². The fourth-order valence-corrected chi connectivity index (χ4v) is 3.76. The number of halogens is 1. The van der Waals surface area contributed by atoms with Crippen molar-refractivity contribution in [2.24, 2.45) is 5.92 Å². The standard InChI is InChI=1S/C17H23FN2O2/c18-16-9-14(17(21)19-22)8-13-6-7-20(11-15(13)16)10-12-4-2-1-3-5-12/h8-9,12,22H,1-7,10-11H2,(H,19,21). The van der Waals surface area contributed by atoms with Gasteiger partial charge in [-0.25, -0.2) is 9.87 Å². The third kappa shape index (κ3) is 3.31. The fourth-order valence-electron chi connectivity index (χ4n) is 3.76. The Kier molecular flexibility index (Phi) is 4.74. The number of nitrogens with zero attached hydrogens (tertiary/aromatic N) is 1. The second kappa shape index (κ2) is 6.75. The molecule has 0 spiro atoms. The van der Waals surface area contributed by atoms with E-state index in [-0.39, 0.29) is 11.4 Å². The third-order valence-electron chi connectivity index (χ3n) is 4.97. The molecule has 0 bridgehead atoms. The number of hydroxylamine groups is 1. The quantitative estimate of drug-likeness (QED) is 0.667. The molecule has 4 nitrogen and oxygen atoms in total. The predicted molar refractivity (Wildman–Crippen MR) is 81.2 cm³/mol. The Morgan fingerprint density at radius 3 is 2.82 bits per heavy atom. The Morgan fingerprint density at radius 2 is 2.09 bits per heavy atom. The van der Waals surface area contributed by atoms with Crippen LogP contribution in [0.5, 0.6) is 0 Å². The fraction of sp³-hybridized carbons (Fsp3) is 0.588. The van der Waals surface area contributed by atoms with Gasteiger partial charge in [-0.3, -0.25) is 14.9 Å². The van der Waals surface area contributed by atoms with Gasteiger partial charge in [-0.1, -0.05) is 19.3 Å². The summed E-state index contributed by atoms with van der Waals surface area (Å²) >= 11 is 0. The zero-order chi connectivity index (χ0) is 15.5. The number of fused-ring (bicyclic) bond motifs is 1. The number of carbonyl (C=O) groups excluding carboxylic acids is 1. The number of hydrogen-bond acceptors (Lipinski definition) is 3. The molecule has 0 radical (unpaired) electrons. The molecule has 2 aliphatic rings. The van der Waals surface area contributed by atoms with Crippen molar-refractivity contribution in [1.29, 1.82) is 0 Å². The first kappa shape index (κ1) is 15.4. The van der Waals surface area contributed by atoms with Crippen LogP contribution in [-0.4, -0.2) is 29.1 Å². The molecule has 1 saturated carbocycles. The first-order valence-corrected chi connectivity index (χ1v) is 8.15. The highest BCUT2D eigenvalue weighted by Gasteiger charge is 2.24. The Balaban J connectivity index is 1.71. The highest BCUT2D eigenvalue weighted by Crippen LogP contribution is 2.28. The molecule has 1 aromatic carbocycles. The van der Waals surface area contributed by atoms with Gasteiger partial charge in [-0.15, -0.1) is 0 Å². The van der Waals surface area contributed by atoms with Crippen LogP contribution in [0.15, 0.2) is 12.1 Å². The highest BCUT2D eigenvalue weighted by molar-refractivity contribution is 5.93. The minimum absolute atomic E-state index is 0.180. The van der Waals surface area contributed by atoms with E-state index in [4.69, 9.17) is 5.21 Å². The molecule has 5 heteroatoms. The third-order valence-corrected chi connectivity index (χ3v) is 4.97. The first-order valence-electron chi connectivity index (χ1n) is 8.15. The van der Waals surface area contributed by atoms with Gasteiger partial charge in [0.05, 0.1) is 0 Å². The van der Waals surface area contributed by atoms with Crippen molar-refractivity contribution in [3.63, 3.8) is 0 Å². The summed E-state index contributed by atoms with van der Waals surface area (Å²) in [6, 6.07) is 2.91. The van der Waals surface area contributed by atoms with E-state index in [9.17, 15) is 9.18 Å². The molecular weight excluding hydrogens is 283 g/mol. The molecule has 0 atom stereocenters. The Labute approximate surface area is 130 Å². The minimum atomic E-state index is -0.661. The summed E-state index contributed by atoms with van der Waals surface area (Å²) in [5.41, 5.74) is 3.33. The van der Waals surface area contributed by atoms with Gasteiger partial charge in [-0.2, -0.15) is 0 Å². The molecule has 1 heterocycles. The summed E-state index contributed by atoms with van der Waals surface area (Å²) in [5, 5.41) is 8.68. The van der Waals surface area contributed by atoms with E-state index in [1.807, 2.05) is 0 Å². The number of benzene rings is 1. The molecule has 3 rings (SSSR count). The lowest BCUT2D eigenvalue weighted by atomic mass is 9.88. The van der Waals surface area contributed by atoms with Gasteiger partial charge in [0.2, 0.25) is 0 Å². The van der Waals surface area contributed by atoms with Crippen LogP contribution < -0.4 is 5.48 Å². The van der Waals surface area contributed by atoms with Gasteiger partial charge < -0.3 is 0 Å². The summed E-state index contributed by atoms with van der Waals surface area (Å²) < 4.78 is 14.3. The number of hydrogen-bond donors (Lipinski definition) is 2. The maximum atomic E-state index is 14.3. The van der Waals surface area contributed by atoms with Crippen molar-refractivity contribution in [3.05, 3.63) is 34.6 Å². The van der Waals surface area contributed by atoms with Gasteiger partial charge in [-0.05, 0) is 42.9 Å². The van der Waals surface area contributed by atoms with Crippen LogP contribution in [0.1, 0.15) is 53.6 Å². The molecule has 120 valence electrons. The smallest absolute Gasteiger partial charge is 0.274 e. The van der Waals surface area contributed by atoms with Crippen LogP contribution in [-0.2, 0) is 13.0 Å². The number of carbonyl (C=O) groups is 1. The van der Waals surface area contributed by atoms with Crippen molar-refractivity contribution in [2.45, 2.75) is 45.1 Å². The minimum Gasteiger partial charge on any atom is -0.298 e. The molecule has 1 aliphatic carbocycles. The van der Waals surface area contributed by atoms with Crippen LogP contribution in [0, 0.1) is 11.7 Å². The van der Waals surface area contributed by atoms with Crippen molar-refractivity contribution in [3.8, 4) is 0 Å². The second-order valence-corrected chi connectivity index (χ2v) is 6.53. The van der Waals surface area contributed by atoms with E-state index < -0.39 is 5.91 Å². The molecule has 2 N–H and O–H groups in total. The van der Waals surface area contributed by atoms with Gasteiger partial charge >= 0.3 is 0 Å². The predicted octanol–water partition coefficient (Wildman–Crippen LogP) is 2.88. The zero-order valence-corrected chi connectivity index (χ0v) is 12.8. The van der Waals surface area contributed by atoms with Crippen LogP contribution in [0.2, 0.25) is 0 Å². The van der Waals surface area contributed by atoms with E-state index in [1.165, 1.54) is 38.2 Å².